The maximum Gasteiger partial charge on any atom is 0.282 e. The van der Waals surface area contributed by atoms with Gasteiger partial charge in [-0.15, -0.1) is 0 Å². The molecule has 0 N–H and O–H groups in total. The van der Waals surface area contributed by atoms with Crippen molar-refractivity contribution in [3.8, 4) is 11.1 Å². The summed E-state index contributed by atoms with van der Waals surface area (Å²) in [5.41, 5.74) is -0.626. The lowest BCUT2D eigenvalue weighted by Crippen LogP contribution is -2.36. The van der Waals surface area contributed by atoms with Crippen molar-refractivity contribution in [3.05, 3.63) is 69.7 Å². The van der Waals surface area contributed by atoms with Crippen LogP contribution >= 0.6 is 23.2 Å². The normalized spacial score (nSPS) is 11.1. The molecule has 2 aromatic carbocycles. The summed E-state index contributed by atoms with van der Waals surface area (Å²) >= 11 is 12.0. The number of aromatic nitrogens is 2. The van der Waals surface area contributed by atoms with Gasteiger partial charge in [0, 0.05) is 25.2 Å². The Morgan fingerprint density at radius 1 is 1.13 bits per heavy atom. The summed E-state index contributed by atoms with van der Waals surface area (Å²) in [6.07, 6.45) is -1.87. The first-order chi connectivity index (χ1) is 14.6. The van der Waals surface area contributed by atoms with Crippen LogP contribution in [0, 0.1) is 5.82 Å². The van der Waals surface area contributed by atoms with E-state index in [-0.39, 0.29) is 27.8 Å². The predicted molar refractivity (Wildman–Crippen MR) is 112 cm³/mol. The number of anilines is 1. The van der Waals surface area contributed by atoms with Crippen LogP contribution in [0.3, 0.4) is 0 Å². The molecule has 0 aliphatic carbocycles. The van der Waals surface area contributed by atoms with Gasteiger partial charge in [-0.3, -0.25) is 14.3 Å². The molecule has 1 heterocycles. The smallest absolute Gasteiger partial charge is 0.274 e. The Bertz CT molecular complexity index is 1160. The second-order valence-electron chi connectivity index (χ2n) is 6.53. The number of nitrogens with zero attached hydrogens (tertiary/aromatic N) is 3. The van der Waals surface area contributed by atoms with Gasteiger partial charge in [0.2, 0.25) is 5.91 Å². The highest BCUT2D eigenvalue weighted by Crippen LogP contribution is 2.36. The summed E-state index contributed by atoms with van der Waals surface area (Å²) in [5.74, 6) is -2.38. The fraction of sp³-hybridized carbons (Fsp3) is 0.190. The number of aryl methyl sites for hydroxylation is 1. The number of benzene rings is 2. The zero-order valence-corrected chi connectivity index (χ0v) is 17.9. The van der Waals surface area contributed by atoms with Crippen LogP contribution in [0.5, 0.6) is 0 Å². The Labute approximate surface area is 186 Å². The molecule has 3 rings (SSSR count). The second-order valence-corrected chi connectivity index (χ2v) is 7.35. The summed E-state index contributed by atoms with van der Waals surface area (Å²) in [6.45, 7) is 3.02. The van der Waals surface area contributed by atoms with Gasteiger partial charge in [0.1, 0.15) is 11.5 Å². The molecule has 0 radical (unpaired) electrons. The summed E-state index contributed by atoms with van der Waals surface area (Å²) < 4.78 is 42.2. The third-order valence-electron chi connectivity index (χ3n) is 4.50. The third kappa shape index (κ3) is 4.60. The van der Waals surface area contributed by atoms with Crippen molar-refractivity contribution in [2.75, 3.05) is 4.90 Å². The van der Waals surface area contributed by atoms with Gasteiger partial charge in [0.25, 0.3) is 12.3 Å². The highest BCUT2D eigenvalue weighted by atomic mass is 35.5. The molecule has 0 fully saturated rings. The first-order valence-corrected chi connectivity index (χ1v) is 9.85. The maximum absolute atomic E-state index is 14.1. The van der Waals surface area contributed by atoms with Crippen LogP contribution in [0.15, 0.2) is 42.6 Å². The second kappa shape index (κ2) is 9.11. The molecule has 1 aromatic heterocycles. The first kappa shape index (κ1) is 22.8. The predicted octanol–water partition coefficient (Wildman–Crippen LogP) is 6.15. The Hall–Kier alpha value is -2.84. The van der Waals surface area contributed by atoms with E-state index in [0.717, 1.165) is 25.3 Å². The molecule has 0 aliphatic heterocycles. The van der Waals surface area contributed by atoms with E-state index in [1.165, 1.54) is 28.9 Å². The molecule has 0 saturated heterocycles. The van der Waals surface area contributed by atoms with E-state index in [1.807, 2.05) is 0 Å². The van der Waals surface area contributed by atoms with Gasteiger partial charge in [-0.2, -0.15) is 5.10 Å². The van der Waals surface area contributed by atoms with E-state index in [4.69, 9.17) is 23.2 Å². The van der Waals surface area contributed by atoms with E-state index < -0.39 is 35.3 Å². The van der Waals surface area contributed by atoms with Gasteiger partial charge in [-0.05, 0) is 42.8 Å². The first-order valence-electron chi connectivity index (χ1n) is 9.09. The van der Waals surface area contributed by atoms with Crippen molar-refractivity contribution >= 4 is 40.7 Å². The lowest BCUT2D eigenvalue weighted by atomic mass is 10.0. The van der Waals surface area contributed by atoms with Gasteiger partial charge < -0.3 is 0 Å². The number of rotatable bonds is 5. The number of carbonyl (C=O) groups excluding carboxylic acids is 2. The molecule has 162 valence electrons. The number of hydrogen-bond acceptors (Lipinski definition) is 3. The van der Waals surface area contributed by atoms with Crippen LogP contribution in [-0.2, 0) is 11.3 Å². The Morgan fingerprint density at radius 2 is 1.84 bits per heavy atom. The van der Waals surface area contributed by atoms with Crippen molar-refractivity contribution < 1.29 is 22.8 Å². The molecule has 0 spiro atoms. The van der Waals surface area contributed by atoms with Crippen LogP contribution in [0.25, 0.3) is 11.1 Å². The summed E-state index contributed by atoms with van der Waals surface area (Å²) in [4.78, 5) is 26.4. The fourth-order valence-electron chi connectivity index (χ4n) is 3.06. The van der Waals surface area contributed by atoms with Crippen LogP contribution < -0.4 is 4.90 Å². The van der Waals surface area contributed by atoms with Crippen LogP contribution in [0.1, 0.15) is 36.3 Å². The molecular weight excluding hydrogens is 454 g/mol. The van der Waals surface area contributed by atoms with Gasteiger partial charge in [-0.1, -0.05) is 29.3 Å². The number of alkyl halides is 2. The van der Waals surface area contributed by atoms with Crippen LogP contribution in [0.2, 0.25) is 10.0 Å². The number of imide groups is 1. The zero-order valence-electron chi connectivity index (χ0n) is 16.4. The number of halogens is 5. The molecule has 10 heteroatoms. The summed E-state index contributed by atoms with van der Waals surface area (Å²) in [5, 5.41) is 4.16. The monoisotopic (exact) mass is 469 g/mol. The average molecular weight is 470 g/mol. The Morgan fingerprint density at radius 3 is 2.42 bits per heavy atom. The molecule has 31 heavy (non-hydrogen) atoms. The average Bonchev–Trinajstić information content (AvgIpc) is 3.16. The fourth-order valence-corrected chi connectivity index (χ4v) is 3.36. The van der Waals surface area contributed by atoms with Crippen LogP contribution in [0.4, 0.5) is 18.9 Å². The molecule has 0 atom stereocenters. The van der Waals surface area contributed by atoms with Crippen molar-refractivity contribution in [2.24, 2.45) is 0 Å². The number of carbonyl (C=O) groups is 2. The van der Waals surface area contributed by atoms with Crippen molar-refractivity contribution in [3.63, 3.8) is 0 Å². The summed E-state index contributed by atoms with van der Waals surface area (Å²) in [7, 11) is 0. The molecular formula is C21H16Cl2F3N3O2. The minimum Gasteiger partial charge on any atom is -0.274 e. The van der Waals surface area contributed by atoms with E-state index in [0.29, 0.717) is 10.5 Å². The topological polar surface area (TPSA) is 55.2 Å². The van der Waals surface area contributed by atoms with Crippen LogP contribution in [-0.4, -0.2) is 21.6 Å². The maximum atomic E-state index is 14.1. The van der Waals surface area contributed by atoms with E-state index in [9.17, 15) is 22.8 Å². The number of hydrogen-bond donors (Lipinski definition) is 0. The molecule has 0 unspecified atom stereocenters. The highest BCUT2D eigenvalue weighted by molar-refractivity contribution is 6.42. The van der Waals surface area contributed by atoms with Gasteiger partial charge >= 0.3 is 0 Å². The van der Waals surface area contributed by atoms with E-state index >= 15 is 0 Å². The summed E-state index contributed by atoms with van der Waals surface area (Å²) in [6, 6.07) is 7.86. The van der Waals surface area contributed by atoms with E-state index in [1.54, 1.807) is 6.92 Å². The third-order valence-corrected chi connectivity index (χ3v) is 5.24. The van der Waals surface area contributed by atoms with Gasteiger partial charge in [0.05, 0.1) is 21.3 Å². The largest absolute Gasteiger partial charge is 0.282 e. The van der Waals surface area contributed by atoms with Crippen molar-refractivity contribution in [1.29, 1.82) is 0 Å². The molecule has 0 bridgehead atoms. The highest BCUT2D eigenvalue weighted by Gasteiger charge is 2.31. The zero-order chi connectivity index (χ0) is 22.9. The molecule has 2 amide bonds. The standard InChI is InChI=1S/C21H16Cl2F3N3O2/c1-3-28-10-15(19(27-28)20(25)26)21(31)29(11(2)30)18-7-5-13(24)9-14(18)12-4-6-16(22)17(23)8-12/h4-10,20H,3H2,1-2H3. The quantitative estimate of drug-likeness (QED) is 0.450. The van der Waals surface area contributed by atoms with Crippen molar-refractivity contribution in [2.45, 2.75) is 26.8 Å². The Kier molecular flexibility index (Phi) is 6.71. The SMILES string of the molecule is CCn1cc(C(=O)N(C(C)=O)c2ccc(F)cc2-c2ccc(Cl)c(Cl)c2)c(C(F)F)n1. The molecule has 5 nitrogen and oxygen atoms in total. The molecule has 3 aromatic rings. The van der Waals surface area contributed by atoms with E-state index in [2.05, 4.69) is 5.10 Å². The Balaban J connectivity index is 2.19. The minimum absolute atomic E-state index is 0.00162. The lowest BCUT2D eigenvalue weighted by Gasteiger charge is -2.22. The van der Waals surface area contributed by atoms with Crippen molar-refractivity contribution in [1.82, 2.24) is 9.78 Å². The number of amides is 2. The lowest BCUT2D eigenvalue weighted by molar-refractivity contribution is -0.115. The molecule has 0 aliphatic rings. The minimum atomic E-state index is -3.02. The van der Waals surface area contributed by atoms with Gasteiger partial charge in [-0.25, -0.2) is 18.1 Å². The van der Waals surface area contributed by atoms with Gasteiger partial charge in [0.15, 0.2) is 0 Å². The molecule has 0 saturated carbocycles.